The minimum Gasteiger partial charge on any atom is -0.481 e. The summed E-state index contributed by atoms with van der Waals surface area (Å²) in [4.78, 5) is 88.3. The Balaban J connectivity index is 3.13. The number of ether oxygens (including phenoxy) is 2. The third kappa shape index (κ3) is 22.6. The van der Waals surface area contributed by atoms with Gasteiger partial charge in [-0.05, 0) is 31.1 Å². The van der Waals surface area contributed by atoms with Gasteiger partial charge in [0.15, 0.2) is 0 Å². The molecule has 0 spiro atoms. The molecule has 7 N–H and O–H groups in total. The molecule has 0 aliphatic carbocycles. The van der Waals surface area contributed by atoms with Crippen molar-refractivity contribution in [2.75, 3.05) is 26.4 Å². The van der Waals surface area contributed by atoms with Gasteiger partial charge in [0.05, 0.1) is 44.9 Å². The Kier molecular flexibility index (Phi) is 22.2. The fraction of sp³-hybridized carbons (Fsp3) is 0.757. The predicted octanol–water partition coefficient (Wildman–Crippen LogP) is 1.32. The monoisotopic (exact) mass is 752 g/mol. The molecular formula is C37H64N6O10. The van der Waals surface area contributed by atoms with Gasteiger partial charge in [-0.15, -0.1) is 0 Å². The molecule has 0 bridgehead atoms. The number of carboxylic acids is 1. The lowest BCUT2D eigenvalue weighted by molar-refractivity contribution is -0.138. The van der Waals surface area contributed by atoms with Crippen LogP contribution in [0, 0.1) is 17.8 Å². The molecule has 0 unspecified atom stereocenters. The number of hydrogen-bond donors (Lipinski definition) is 7. The van der Waals surface area contributed by atoms with Crippen LogP contribution >= 0.6 is 0 Å². The molecule has 302 valence electrons. The zero-order valence-electron chi connectivity index (χ0n) is 32.8. The van der Waals surface area contributed by atoms with Gasteiger partial charge in [0.1, 0.15) is 0 Å². The quantitative estimate of drug-likeness (QED) is 0.134. The second-order valence-corrected chi connectivity index (χ2v) is 15.0. The first-order chi connectivity index (χ1) is 24.8. The molecule has 0 aromatic carbocycles. The molecule has 6 amide bonds. The standard InChI is InChI=1S/C37H64N6O10/c1-22(2)13-27(17-37(50)51)40-34(47)16-29-21-53-12-10-9-11-52-20-28(41-35(48)18-30(23(3)4)39-26(8)44)15-33(46)38-25(7)14-32(45)43-31(24(5)6)19-36(49)42-29/h9-10,22-25,27-31H,11-21H2,1-8H3,(H,38,46)(H,39,44)(H,40,47)(H,41,48)(H,42,49)(H,43,45)(H,50,51)/b10-9+/t25-,27+,28+,29+,30+,31+/m0/s1. The first-order valence-electron chi connectivity index (χ1n) is 18.6. The number of nitrogens with one attached hydrogen (secondary N) is 6. The Morgan fingerprint density at radius 2 is 1.42 bits per heavy atom. The van der Waals surface area contributed by atoms with Crippen LogP contribution in [0.5, 0.6) is 0 Å². The molecule has 0 radical (unpaired) electrons. The van der Waals surface area contributed by atoms with Crippen molar-refractivity contribution >= 4 is 41.4 Å². The fourth-order valence-electron chi connectivity index (χ4n) is 5.77. The molecule has 1 aliphatic rings. The minimum absolute atomic E-state index is 0.00464. The van der Waals surface area contributed by atoms with Gasteiger partial charge in [0, 0.05) is 63.2 Å². The highest BCUT2D eigenvalue weighted by molar-refractivity contribution is 5.83. The number of amides is 6. The van der Waals surface area contributed by atoms with Crippen molar-refractivity contribution in [2.45, 2.75) is 137 Å². The van der Waals surface area contributed by atoms with E-state index in [9.17, 15) is 38.7 Å². The predicted molar refractivity (Wildman–Crippen MR) is 198 cm³/mol. The number of hydrogen-bond acceptors (Lipinski definition) is 9. The average Bonchev–Trinajstić information content (AvgIpc) is 2.99. The van der Waals surface area contributed by atoms with Gasteiger partial charge in [-0.1, -0.05) is 53.7 Å². The van der Waals surface area contributed by atoms with Crippen LogP contribution in [0.2, 0.25) is 0 Å². The van der Waals surface area contributed by atoms with E-state index < -0.39 is 59.9 Å². The SMILES string of the molecule is CC(=O)N[C@H](CC(=O)N[C@H]1COC/C=C/COC[C@@H](CC(=O)N[C@@H](CC(=O)O)CC(C)C)NC(=O)C[C@H](C(C)C)NC(=O)C[C@H](C)NC(=O)C1)C(C)C. The van der Waals surface area contributed by atoms with E-state index in [0.717, 1.165) is 0 Å². The Morgan fingerprint density at radius 3 is 1.98 bits per heavy atom. The molecule has 0 aromatic heterocycles. The lowest BCUT2D eigenvalue weighted by Crippen LogP contribution is -2.48. The smallest absolute Gasteiger partial charge is 0.305 e. The van der Waals surface area contributed by atoms with Crippen LogP contribution in [-0.4, -0.2) is 109 Å². The average molecular weight is 753 g/mol. The van der Waals surface area contributed by atoms with Crippen LogP contribution < -0.4 is 31.9 Å². The second-order valence-electron chi connectivity index (χ2n) is 15.0. The number of carbonyl (C=O) groups excluding carboxylic acids is 6. The summed E-state index contributed by atoms with van der Waals surface area (Å²) in [6.45, 7) is 14.7. The lowest BCUT2D eigenvalue weighted by atomic mass is 9.99. The van der Waals surface area contributed by atoms with Gasteiger partial charge in [0.2, 0.25) is 35.4 Å². The molecule has 0 saturated heterocycles. The normalized spacial score (nSPS) is 23.4. The van der Waals surface area contributed by atoms with Crippen LogP contribution in [0.25, 0.3) is 0 Å². The first kappa shape index (κ1) is 47.0. The van der Waals surface area contributed by atoms with Crippen molar-refractivity contribution < 1.29 is 48.1 Å². The van der Waals surface area contributed by atoms with Crippen molar-refractivity contribution in [2.24, 2.45) is 17.8 Å². The summed E-state index contributed by atoms with van der Waals surface area (Å²) < 4.78 is 11.5. The largest absolute Gasteiger partial charge is 0.481 e. The van der Waals surface area contributed by atoms with E-state index >= 15 is 0 Å². The summed E-state index contributed by atoms with van der Waals surface area (Å²) >= 11 is 0. The van der Waals surface area contributed by atoms with Crippen molar-refractivity contribution in [3.05, 3.63) is 12.2 Å². The van der Waals surface area contributed by atoms with E-state index in [0.29, 0.717) is 6.42 Å². The van der Waals surface area contributed by atoms with Gasteiger partial charge >= 0.3 is 5.97 Å². The Bertz CT molecular complexity index is 1240. The third-order valence-electron chi connectivity index (χ3n) is 8.42. The molecular weight excluding hydrogens is 688 g/mol. The van der Waals surface area contributed by atoms with E-state index in [1.165, 1.54) is 6.92 Å². The summed E-state index contributed by atoms with van der Waals surface area (Å²) in [5.41, 5.74) is 0. The highest BCUT2D eigenvalue weighted by Gasteiger charge is 2.26. The maximum absolute atomic E-state index is 13.2. The fourth-order valence-corrected chi connectivity index (χ4v) is 5.77. The highest BCUT2D eigenvalue weighted by Crippen LogP contribution is 2.11. The van der Waals surface area contributed by atoms with E-state index in [4.69, 9.17) is 9.47 Å². The van der Waals surface area contributed by atoms with E-state index in [2.05, 4.69) is 31.9 Å². The molecule has 16 nitrogen and oxygen atoms in total. The Hall–Kier alpha value is -4.05. The molecule has 0 fully saturated rings. The van der Waals surface area contributed by atoms with Gasteiger partial charge in [-0.3, -0.25) is 33.6 Å². The molecule has 1 rings (SSSR count). The summed E-state index contributed by atoms with van der Waals surface area (Å²) in [6, 6.07) is -3.52. The maximum atomic E-state index is 13.2. The molecule has 0 aromatic rings. The van der Waals surface area contributed by atoms with Gasteiger partial charge in [-0.25, -0.2) is 0 Å². The molecule has 16 heteroatoms. The van der Waals surface area contributed by atoms with Crippen LogP contribution in [0.4, 0.5) is 0 Å². The van der Waals surface area contributed by atoms with E-state index in [-0.39, 0.29) is 100 Å². The summed E-state index contributed by atoms with van der Waals surface area (Å²) in [7, 11) is 0. The first-order valence-corrected chi connectivity index (χ1v) is 18.6. The van der Waals surface area contributed by atoms with Crippen molar-refractivity contribution in [3.63, 3.8) is 0 Å². The van der Waals surface area contributed by atoms with Crippen LogP contribution in [0.3, 0.4) is 0 Å². The van der Waals surface area contributed by atoms with Crippen LogP contribution in [0.15, 0.2) is 12.2 Å². The van der Waals surface area contributed by atoms with Gasteiger partial charge < -0.3 is 46.5 Å². The number of carboxylic acid groups (broad SMARTS) is 1. The van der Waals surface area contributed by atoms with Crippen molar-refractivity contribution in [1.82, 2.24) is 31.9 Å². The zero-order chi connectivity index (χ0) is 40.1. The number of aliphatic carboxylic acids is 1. The highest BCUT2D eigenvalue weighted by atomic mass is 16.5. The Morgan fingerprint density at radius 1 is 0.811 bits per heavy atom. The molecule has 6 atom stereocenters. The topological polar surface area (TPSA) is 230 Å². The van der Waals surface area contributed by atoms with Crippen molar-refractivity contribution in [1.29, 1.82) is 0 Å². The van der Waals surface area contributed by atoms with Crippen LogP contribution in [-0.2, 0) is 43.0 Å². The van der Waals surface area contributed by atoms with Gasteiger partial charge in [0.25, 0.3) is 0 Å². The molecule has 1 heterocycles. The Labute approximate surface area is 314 Å². The lowest BCUT2D eigenvalue weighted by Gasteiger charge is -2.26. The van der Waals surface area contributed by atoms with Crippen LogP contribution in [0.1, 0.15) is 100 Å². The number of rotatable bonds is 13. The molecule has 53 heavy (non-hydrogen) atoms. The summed E-state index contributed by atoms with van der Waals surface area (Å²) in [6.07, 6.45) is 3.24. The maximum Gasteiger partial charge on any atom is 0.305 e. The summed E-state index contributed by atoms with van der Waals surface area (Å²) in [5.74, 6) is -3.23. The third-order valence-corrected chi connectivity index (χ3v) is 8.42. The second kappa shape index (κ2) is 25.1. The van der Waals surface area contributed by atoms with Gasteiger partial charge in [-0.2, -0.15) is 0 Å². The van der Waals surface area contributed by atoms with Crippen molar-refractivity contribution in [3.8, 4) is 0 Å². The zero-order valence-corrected chi connectivity index (χ0v) is 32.8. The minimum atomic E-state index is -1.03. The summed E-state index contributed by atoms with van der Waals surface area (Å²) in [5, 5.41) is 26.2. The molecule has 0 saturated carbocycles. The molecule has 1 aliphatic heterocycles. The number of carbonyl (C=O) groups is 7. The van der Waals surface area contributed by atoms with E-state index in [1.807, 2.05) is 41.5 Å². The van der Waals surface area contributed by atoms with E-state index in [1.54, 1.807) is 19.1 Å².